The zero-order valence-corrected chi connectivity index (χ0v) is 13.6. The van der Waals surface area contributed by atoms with Crippen LogP contribution in [0.15, 0.2) is 4.52 Å². The SMILES string of the molecule is Cc1noc(C)c1C(=O)Nc1sc2c(c1C#N)CC[C@@H](C)C2. The van der Waals surface area contributed by atoms with Crippen LogP contribution in [0.3, 0.4) is 0 Å². The van der Waals surface area contributed by atoms with Gasteiger partial charge in [0.25, 0.3) is 5.91 Å². The van der Waals surface area contributed by atoms with Crippen LogP contribution in [0.25, 0.3) is 0 Å². The Hall–Kier alpha value is -2.13. The minimum atomic E-state index is -0.264. The fourth-order valence-electron chi connectivity index (χ4n) is 2.93. The van der Waals surface area contributed by atoms with E-state index in [1.165, 1.54) is 16.2 Å². The maximum atomic E-state index is 12.4. The molecule has 0 aliphatic heterocycles. The van der Waals surface area contributed by atoms with Gasteiger partial charge in [-0.1, -0.05) is 12.1 Å². The van der Waals surface area contributed by atoms with E-state index in [-0.39, 0.29) is 5.91 Å². The highest BCUT2D eigenvalue weighted by Crippen LogP contribution is 2.39. The van der Waals surface area contributed by atoms with E-state index in [0.29, 0.717) is 33.5 Å². The molecule has 0 fully saturated rings. The highest BCUT2D eigenvalue weighted by Gasteiger charge is 2.26. The molecule has 3 rings (SSSR count). The first-order valence-corrected chi connectivity index (χ1v) is 8.11. The number of hydrogen-bond acceptors (Lipinski definition) is 5. The number of carbonyl (C=O) groups excluding carboxylic acids is 1. The molecule has 1 aliphatic carbocycles. The van der Waals surface area contributed by atoms with Gasteiger partial charge in [-0.2, -0.15) is 5.26 Å². The molecule has 22 heavy (non-hydrogen) atoms. The lowest BCUT2D eigenvalue weighted by molar-refractivity contribution is 0.102. The second kappa shape index (κ2) is 5.58. The van der Waals surface area contributed by atoms with Crippen LogP contribution in [-0.4, -0.2) is 11.1 Å². The summed E-state index contributed by atoms with van der Waals surface area (Å²) in [7, 11) is 0. The van der Waals surface area contributed by atoms with E-state index < -0.39 is 0 Å². The summed E-state index contributed by atoms with van der Waals surface area (Å²) < 4.78 is 5.03. The molecule has 0 saturated carbocycles. The Labute approximate surface area is 132 Å². The molecule has 1 amide bonds. The molecule has 1 atom stereocenters. The standard InChI is InChI=1S/C16H17N3O2S/c1-8-4-5-11-12(7-17)16(22-13(11)6-8)18-15(20)14-9(2)19-21-10(14)3/h8H,4-6H2,1-3H3,(H,18,20)/t8-/m1/s1. The van der Waals surface area contributed by atoms with Crippen molar-refractivity contribution in [2.75, 3.05) is 5.32 Å². The molecule has 2 heterocycles. The van der Waals surface area contributed by atoms with Crippen LogP contribution in [0.4, 0.5) is 5.00 Å². The van der Waals surface area contributed by atoms with E-state index in [2.05, 4.69) is 23.5 Å². The van der Waals surface area contributed by atoms with Gasteiger partial charge < -0.3 is 9.84 Å². The van der Waals surface area contributed by atoms with Gasteiger partial charge in [0.2, 0.25) is 0 Å². The first kappa shape index (κ1) is 14.8. The monoisotopic (exact) mass is 315 g/mol. The van der Waals surface area contributed by atoms with Gasteiger partial charge in [0, 0.05) is 4.88 Å². The molecule has 0 radical (unpaired) electrons. The van der Waals surface area contributed by atoms with Gasteiger partial charge in [0.1, 0.15) is 22.4 Å². The summed E-state index contributed by atoms with van der Waals surface area (Å²) in [6.07, 6.45) is 2.99. The summed E-state index contributed by atoms with van der Waals surface area (Å²) in [6.45, 7) is 5.66. The highest BCUT2D eigenvalue weighted by molar-refractivity contribution is 7.16. The number of rotatable bonds is 2. The van der Waals surface area contributed by atoms with E-state index in [1.807, 2.05) is 0 Å². The minimum Gasteiger partial charge on any atom is -0.361 e. The maximum Gasteiger partial charge on any atom is 0.261 e. The minimum absolute atomic E-state index is 0.264. The summed E-state index contributed by atoms with van der Waals surface area (Å²) in [5.74, 6) is 0.853. The third-order valence-corrected chi connectivity index (χ3v) is 5.28. The molecule has 114 valence electrons. The van der Waals surface area contributed by atoms with Gasteiger partial charge >= 0.3 is 0 Å². The zero-order chi connectivity index (χ0) is 15.9. The first-order valence-electron chi connectivity index (χ1n) is 7.30. The first-order chi connectivity index (χ1) is 10.5. The number of aromatic nitrogens is 1. The molecule has 6 heteroatoms. The number of nitrogens with zero attached hydrogens (tertiary/aromatic N) is 2. The smallest absolute Gasteiger partial charge is 0.261 e. The normalized spacial score (nSPS) is 16.9. The van der Waals surface area contributed by atoms with E-state index in [0.717, 1.165) is 24.8 Å². The molecule has 1 aliphatic rings. The zero-order valence-electron chi connectivity index (χ0n) is 12.8. The van der Waals surface area contributed by atoms with Gasteiger partial charge in [-0.15, -0.1) is 11.3 Å². The second-order valence-electron chi connectivity index (χ2n) is 5.82. The summed E-state index contributed by atoms with van der Waals surface area (Å²) in [5, 5.41) is 16.8. The molecule has 5 nitrogen and oxygen atoms in total. The number of thiophene rings is 1. The third kappa shape index (κ3) is 2.42. The second-order valence-corrected chi connectivity index (χ2v) is 6.93. The van der Waals surface area contributed by atoms with Gasteiger partial charge in [-0.25, -0.2) is 0 Å². The topological polar surface area (TPSA) is 78.9 Å². The Morgan fingerprint density at radius 1 is 1.50 bits per heavy atom. The molecular formula is C16H17N3O2S. The third-order valence-electron chi connectivity index (χ3n) is 4.11. The van der Waals surface area contributed by atoms with Crippen molar-refractivity contribution in [1.82, 2.24) is 5.16 Å². The van der Waals surface area contributed by atoms with Crippen LogP contribution in [0, 0.1) is 31.1 Å². The lowest BCUT2D eigenvalue weighted by Crippen LogP contribution is -2.13. The van der Waals surface area contributed by atoms with Gasteiger partial charge in [0.05, 0.1) is 11.3 Å². The molecule has 0 aromatic carbocycles. The predicted octanol–water partition coefficient (Wildman–Crippen LogP) is 3.60. The number of fused-ring (bicyclic) bond motifs is 1. The van der Waals surface area contributed by atoms with Crippen LogP contribution in [0.2, 0.25) is 0 Å². The lowest BCUT2D eigenvalue weighted by Gasteiger charge is -2.17. The highest BCUT2D eigenvalue weighted by atomic mass is 32.1. The van der Waals surface area contributed by atoms with Gasteiger partial charge in [0.15, 0.2) is 0 Å². The van der Waals surface area contributed by atoms with E-state index >= 15 is 0 Å². The average molecular weight is 315 g/mol. The lowest BCUT2D eigenvalue weighted by atomic mass is 9.88. The maximum absolute atomic E-state index is 12.4. The molecular weight excluding hydrogens is 298 g/mol. The Balaban J connectivity index is 1.93. The van der Waals surface area contributed by atoms with Crippen molar-refractivity contribution in [3.8, 4) is 6.07 Å². The quantitative estimate of drug-likeness (QED) is 0.918. The number of anilines is 1. The molecule has 0 saturated heterocycles. The van der Waals surface area contributed by atoms with Crippen molar-refractivity contribution < 1.29 is 9.32 Å². The number of nitriles is 1. The summed E-state index contributed by atoms with van der Waals surface area (Å²) >= 11 is 1.52. The van der Waals surface area contributed by atoms with Crippen LogP contribution < -0.4 is 5.32 Å². The largest absolute Gasteiger partial charge is 0.361 e. The van der Waals surface area contributed by atoms with Crippen molar-refractivity contribution in [2.45, 2.75) is 40.0 Å². The number of carbonyl (C=O) groups is 1. The Kier molecular flexibility index (Phi) is 3.75. The van der Waals surface area contributed by atoms with E-state index in [1.54, 1.807) is 13.8 Å². The summed E-state index contributed by atoms with van der Waals surface area (Å²) in [5.41, 5.74) is 2.73. The predicted molar refractivity (Wildman–Crippen MR) is 84.2 cm³/mol. The molecule has 0 spiro atoms. The Morgan fingerprint density at radius 2 is 2.27 bits per heavy atom. The Morgan fingerprint density at radius 3 is 2.91 bits per heavy atom. The summed E-state index contributed by atoms with van der Waals surface area (Å²) in [6, 6.07) is 2.26. The van der Waals surface area contributed by atoms with Crippen molar-refractivity contribution in [1.29, 1.82) is 5.26 Å². The number of aryl methyl sites for hydroxylation is 2. The van der Waals surface area contributed by atoms with Crippen LogP contribution >= 0.6 is 11.3 Å². The molecule has 1 N–H and O–H groups in total. The molecule has 2 aromatic heterocycles. The van der Waals surface area contributed by atoms with Crippen molar-refractivity contribution in [3.05, 3.63) is 33.0 Å². The number of amides is 1. The van der Waals surface area contributed by atoms with Crippen molar-refractivity contribution >= 4 is 22.2 Å². The molecule has 2 aromatic rings. The fraction of sp³-hybridized carbons (Fsp3) is 0.438. The fourth-order valence-corrected chi connectivity index (χ4v) is 4.29. The van der Waals surface area contributed by atoms with Crippen molar-refractivity contribution in [3.63, 3.8) is 0 Å². The van der Waals surface area contributed by atoms with E-state index in [4.69, 9.17) is 4.52 Å². The Bertz CT molecular complexity index is 763. The van der Waals surface area contributed by atoms with Gasteiger partial charge in [-0.05, 0) is 44.6 Å². The number of nitrogens with one attached hydrogen (secondary N) is 1. The van der Waals surface area contributed by atoms with Crippen molar-refractivity contribution in [2.24, 2.45) is 5.92 Å². The van der Waals surface area contributed by atoms with E-state index in [9.17, 15) is 10.1 Å². The van der Waals surface area contributed by atoms with Crippen LogP contribution in [-0.2, 0) is 12.8 Å². The summed E-state index contributed by atoms with van der Waals surface area (Å²) in [4.78, 5) is 13.7. The molecule has 0 unspecified atom stereocenters. The average Bonchev–Trinajstić information content (AvgIpc) is 2.97. The van der Waals surface area contributed by atoms with Crippen LogP contribution in [0.1, 0.15) is 51.2 Å². The van der Waals surface area contributed by atoms with Gasteiger partial charge in [-0.3, -0.25) is 4.79 Å². The molecule has 0 bridgehead atoms. The van der Waals surface area contributed by atoms with Crippen LogP contribution in [0.5, 0.6) is 0 Å². The number of hydrogen-bond donors (Lipinski definition) is 1.